The van der Waals surface area contributed by atoms with Crippen molar-refractivity contribution in [2.24, 2.45) is 0 Å². The van der Waals surface area contributed by atoms with Crippen molar-refractivity contribution in [3.05, 3.63) is 103 Å². The normalized spacial score (nSPS) is 14.3. The van der Waals surface area contributed by atoms with Gasteiger partial charge in [0.1, 0.15) is 5.65 Å². The van der Waals surface area contributed by atoms with Gasteiger partial charge in [-0.25, -0.2) is 4.98 Å². The molecule has 1 amide bonds. The Morgan fingerprint density at radius 2 is 1.72 bits per heavy atom. The van der Waals surface area contributed by atoms with Gasteiger partial charge in [-0.3, -0.25) is 14.0 Å². The fraction of sp³-hybridized carbons (Fsp3) is 0.200. The van der Waals surface area contributed by atoms with Crippen LogP contribution >= 0.6 is 0 Å². The number of aromatic nitrogens is 2. The molecule has 46 heavy (non-hydrogen) atoms. The number of carbonyl (C=O) groups excluding carboxylic acids is 1. The number of hydrogen-bond donors (Lipinski definition) is 2. The maximum absolute atomic E-state index is 13.3. The zero-order valence-electron chi connectivity index (χ0n) is 25.3. The molecule has 0 bridgehead atoms. The van der Waals surface area contributed by atoms with Gasteiger partial charge >= 0.3 is 0 Å². The van der Waals surface area contributed by atoms with Gasteiger partial charge in [-0.05, 0) is 53.6 Å². The number of nitrogens with zero attached hydrogens (tertiary/aromatic N) is 4. The Bertz CT molecular complexity index is 2120. The number of piperazine rings is 1. The monoisotopic (exact) mass is 635 g/mol. The molecule has 0 spiro atoms. The van der Waals surface area contributed by atoms with Crippen LogP contribution in [-0.4, -0.2) is 85.6 Å². The third-order valence-electron chi connectivity index (χ3n) is 8.66. The average molecular weight is 636 g/mol. The molecule has 4 heterocycles. The molecule has 2 N–H and O–H groups in total. The second-order valence-electron chi connectivity index (χ2n) is 11.3. The summed E-state index contributed by atoms with van der Waals surface area (Å²) in [7, 11) is -2.39. The topological polar surface area (TPSA) is 123 Å². The van der Waals surface area contributed by atoms with Crippen LogP contribution in [0.4, 0.5) is 5.69 Å². The van der Waals surface area contributed by atoms with E-state index in [0.717, 1.165) is 51.6 Å². The van der Waals surface area contributed by atoms with Crippen LogP contribution in [0.2, 0.25) is 0 Å². The van der Waals surface area contributed by atoms with Gasteiger partial charge in [-0.15, -0.1) is 0 Å². The molecule has 3 aromatic heterocycles. The predicted octanol–water partition coefficient (Wildman–Crippen LogP) is 5.22. The standard InChI is InChI=1S/C35H33N5O5S/c1-38(46(43,44)31-8-5-21-45-31)27-13-14-30-28(22-27)33-32(25-6-3-2-4-7-25)29(23-36-34(33)37-30)24-9-11-26(12-10-24)35(42)40-17-15-39(16-18-40)19-20-41/h2-14,21-23,41H,15-20H2,1H3,(H,36,37). The molecule has 1 aliphatic rings. The van der Waals surface area contributed by atoms with E-state index >= 15 is 0 Å². The maximum atomic E-state index is 13.3. The Balaban J connectivity index is 1.30. The highest BCUT2D eigenvalue weighted by molar-refractivity contribution is 7.92. The molecule has 1 saturated heterocycles. The number of aliphatic hydroxyl groups is 1. The average Bonchev–Trinajstić information content (AvgIpc) is 3.77. The molecule has 1 aliphatic heterocycles. The van der Waals surface area contributed by atoms with Gasteiger partial charge in [0.05, 0.1) is 18.6 Å². The zero-order chi connectivity index (χ0) is 31.8. The summed E-state index contributed by atoms with van der Waals surface area (Å²) < 4.78 is 32.9. The molecule has 1 fully saturated rings. The number of aliphatic hydroxyl groups excluding tert-OH is 1. The molecular formula is C35H33N5O5S. The number of benzene rings is 3. The SMILES string of the molecule is CN(c1ccc2[nH]c3ncc(-c4ccc(C(=O)N5CCN(CCO)CC5)cc4)c(-c4ccccc4)c3c2c1)S(=O)(=O)c1ccco1. The quantitative estimate of drug-likeness (QED) is 0.235. The lowest BCUT2D eigenvalue weighted by atomic mass is 9.92. The Hall–Kier alpha value is -4.97. The molecule has 0 saturated carbocycles. The van der Waals surface area contributed by atoms with Gasteiger partial charge in [-0.2, -0.15) is 8.42 Å². The number of furan rings is 1. The lowest BCUT2D eigenvalue weighted by Gasteiger charge is -2.34. The Morgan fingerprint density at radius 3 is 2.41 bits per heavy atom. The number of hydrogen-bond acceptors (Lipinski definition) is 7. The van der Waals surface area contributed by atoms with Crippen LogP contribution in [0.15, 0.2) is 107 Å². The minimum Gasteiger partial charge on any atom is -0.451 e. The highest BCUT2D eigenvalue weighted by atomic mass is 32.2. The van der Waals surface area contributed by atoms with Gasteiger partial charge in [0.2, 0.25) is 5.09 Å². The molecule has 7 rings (SSSR count). The van der Waals surface area contributed by atoms with Crippen molar-refractivity contribution in [3.8, 4) is 22.3 Å². The third kappa shape index (κ3) is 5.32. The van der Waals surface area contributed by atoms with E-state index in [9.17, 15) is 18.3 Å². The summed E-state index contributed by atoms with van der Waals surface area (Å²) >= 11 is 0. The van der Waals surface area contributed by atoms with Gasteiger partial charge in [-0.1, -0.05) is 42.5 Å². The smallest absolute Gasteiger partial charge is 0.297 e. The van der Waals surface area contributed by atoms with Crippen molar-refractivity contribution in [1.82, 2.24) is 19.8 Å². The molecule has 234 valence electrons. The molecule has 3 aromatic carbocycles. The maximum Gasteiger partial charge on any atom is 0.297 e. The highest BCUT2D eigenvalue weighted by Gasteiger charge is 2.26. The van der Waals surface area contributed by atoms with Crippen LogP contribution in [0.5, 0.6) is 0 Å². The zero-order valence-corrected chi connectivity index (χ0v) is 26.1. The van der Waals surface area contributed by atoms with E-state index in [1.165, 1.54) is 23.7 Å². The predicted molar refractivity (Wildman–Crippen MR) is 178 cm³/mol. The van der Waals surface area contributed by atoms with Crippen LogP contribution in [0, 0.1) is 0 Å². The van der Waals surface area contributed by atoms with Gasteiger partial charge in [0.15, 0.2) is 0 Å². The summed E-state index contributed by atoms with van der Waals surface area (Å²) in [6.07, 6.45) is 3.18. The first-order valence-corrected chi connectivity index (χ1v) is 16.5. The fourth-order valence-corrected chi connectivity index (χ4v) is 7.23. The number of H-pyrrole nitrogens is 1. The van der Waals surface area contributed by atoms with Crippen molar-refractivity contribution >= 4 is 43.6 Å². The van der Waals surface area contributed by atoms with Crippen molar-refractivity contribution in [1.29, 1.82) is 0 Å². The second-order valence-corrected chi connectivity index (χ2v) is 13.2. The van der Waals surface area contributed by atoms with E-state index in [0.29, 0.717) is 36.5 Å². The van der Waals surface area contributed by atoms with Crippen molar-refractivity contribution in [3.63, 3.8) is 0 Å². The molecule has 0 aliphatic carbocycles. The van der Waals surface area contributed by atoms with Gasteiger partial charge < -0.3 is 19.4 Å². The molecular weight excluding hydrogens is 602 g/mol. The largest absolute Gasteiger partial charge is 0.451 e. The van der Waals surface area contributed by atoms with Gasteiger partial charge in [0, 0.05) is 78.9 Å². The first kappa shape index (κ1) is 29.7. The number of β-amino-alcohol motifs (C(OH)–C–C–N with tert-alkyl or cyclic N) is 1. The van der Waals surface area contributed by atoms with Crippen LogP contribution in [0.25, 0.3) is 44.2 Å². The number of amides is 1. The van der Waals surface area contributed by atoms with E-state index in [2.05, 4.69) is 9.88 Å². The van der Waals surface area contributed by atoms with Gasteiger partial charge in [0.25, 0.3) is 15.9 Å². The van der Waals surface area contributed by atoms with Crippen molar-refractivity contribution in [2.75, 3.05) is 50.7 Å². The number of anilines is 1. The second kappa shape index (κ2) is 12.1. The van der Waals surface area contributed by atoms with Crippen molar-refractivity contribution in [2.45, 2.75) is 5.09 Å². The van der Waals surface area contributed by atoms with Crippen LogP contribution in [0.3, 0.4) is 0 Å². The van der Waals surface area contributed by atoms with E-state index in [1.807, 2.05) is 77.8 Å². The van der Waals surface area contributed by atoms with Crippen LogP contribution in [0.1, 0.15) is 10.4 Å². The molecule has 0 atom stereocenters. The molecule has 11 heteroatoms. The van der Waals surface area contributed by atoms with E-state index in [4.69, 9.17) is 9.40 Å². The van der Waals surface area contributed by atoms with E-state index in [-0.39, 0.29) is 17.6 Å². The molecule has 10 nitrogen and oxygen atoms in total. The minimum atomic E-state index is -3.89. The molecule has 0 radical (unpaired) electrons. The third-order valence-corrected chi connectivity index (χ3v) is 10.3. The highest BCUT2D eigenvalue weighted by Crippen LogP contribution is 2.41. The summed E-state index contributed by atoms with van der Waals surface area (Å²) in [4.78, 5) is 25.5. The number of nitrogens with one attached hydrogen (secondary N) is 1. The number of pyridine rings is 1. The van der Waals surface area contributed by atoms with Crippen LogP contribution < -0.4 is 4.31 Å². The van der Waals surface area contributed by atoms with E-state index < -0.39 is 10.0 Å². The van der Waals surface area contributed by atoms with Crippen molar-refractivity contribution < 1.29 is 22.7 Å². The fourth-order valence-electron chi connectivity index (χ4n) is 6.14. The first-order valence-electron chi connectivity index (χ1n) is 15.1. The van der Waals surface area contributed by atoms with Crippen LogP contribution in [-0.2, 0) is 10.0 Å². The minimum absolute atomic E-state index is 0.00941. The summed E-state index contributed by atoms with van der Waals surface area (Å²) in [5.41, 5.74) is 6.32. The Labute approximate surface area is 266 Å². The van der Waals surface area contributed by atoms with E-state index in [1.54, 1.807) is 12.1 Å². The Morgan fingerprint density at radius 1 is 0.957 bits per heavy atom. The number of aromatic amines is 1. The Kier molecular flexibility index (Phi) is 7.81. The summed E-state index contributed by atoms with van der Waals surface area (Å²) in [5, 5.41) is 10.8. The number of fused-ring (bicyclic) bond motifs is 3. The number of sulfonamides is 1. The summed E-state index contributed by atoms with van der Waals surface area (Å²) in [5.74, 6) is -0.00941. The number of rotatable bonds is 8. The summed E-state index contributed by atoms with van der Waals surface area (Å²) in [6.45, 7) is 3.48. The lowest BCUT2D eigenvalue weighted by Crippen LogP contribution is -2.49. The number of carbonyl (C=O) groups is 1. The molecule has 6 aromatic rings. The first-order chi connectivity index (χ1) is 22.3. The molecule has 0 unspecified atom stereocenters. The summed E-state index contributed by atoms with van der Waals surface area (Å²) in [6, 6.07) is 26.1. The lowest BCUT2D eigenvalue weighted by molar-refractivity contribution is 0.0615.